The lowest BCUT2D eigenvalue weighted by atomic mass is 10.1. The Morgan fingerprint density at radius 3 is 2.08 bits per heavy atom. The van der Waals surface area contributed by atoms with E-state index in [1.165, 1.54) is 29.2 Å². The number of halogens is 1. The van der Waals surface area contributed by atoms with Crippen molar-refractivity contribution in [1.82, 2.24) is 10.2 Å². The summed E-state index contributed by atoms with van der Waals surface area (Å²) >= 11 is 0. The van der Waals surface area contributed by atoms with Gasteiger partial charge in [-0.25, -0.2) is 12.8 Å². The SMILES string of the molecule is CCC(C(=O)NC(C)C)N(Cc1ccc(OC)cc1)C(=O)CN(c1ccc(F)cc1)S(=O)(=O)c1ccc(C)cc1. The smallest absolute Gasteiger partial charge is 0.264 e. The molecule has 3 aromatic rings. The number of methoxy groups -OCH3 is 1. The molecule has 1 N–H and O–H groups in total. The maximum Gasteiger partial charge on any atom is 0.264 e. The molecule has 0 spiro atoms. The van der Waals surface area contributed by atoms with Gasteiger partial charge in [0.05, 0.1) is 17.7 Å². The number of benzene rings is 3. The van der Waals surface area contributed by atoms with Gasteiger partial charge in [0, 0.05) is 12.6 Å². The van der Waals surface area contributed by atoms with Crippen LogP contribution >= 0.6 is 0 Å². The van der Waals surface area contributed by atoms with Crippen LogP contribution < -0.4 is 14.4 Å². The summed E-state index contributed by atoms with van der Waals surface area (Å²) < 4.78 is 47.5. The molecule has 0 fully saturated rings. The predicted molar refractivity (Wildman–Crippen MR) is 153 cm³/mol. The van der Waals surface area contributed by atoms with Crippen molar-refractivity contribution in [3.63, 3.8) is 0 Å². The molecule has 0 saturated heterocycles. The lowest BCUT2D eigenvalue weighted by molar-refractivity contribution is -0.140. The highest BCUT2D eigenvalue weighted by Gasteiger charge is 2.33. The summed E-state index contributed by atoms with van der Waals surface area (Å²) in [4.78, 5) is 28.5. The first-order chi connectivity index (χ1) is 19.0. The van der Waals surface area contributed by atoms with Crippen LogP contribution in [0, 0.1) is 12.7 Å². The van der Waals surface area contributed by atoms with Gasteiger partial charge in [0.1, 0.15) is 24.2 Å². The zero-order valence-corrected chi connectivity index (χ0v) is 24.2. The third kappa shape index (κ3) is 7.59. The van der Waals surface area contributed by atoms with Crippen molar-refractivity contribution in [2.24, 2.45) is 0 Å². The largest absolute Gasteiger partial charge is 0.497 e. The third-order valence-corrected chi connectivity index (χ3v) is 8.12. The Balaban J connectivity index is 2.05. The van der Waals surface area contributed by atoms with Crippen molar-refractivity contribution in [2.75, 3.05) is 18.0 Å². The topological polar surface area (TPSA) is 96.0 Å². The van der Waals surface area contributed by atoms with E-state index in [0.29, 0.717) is 12.2 Å². The summed E-state index contributed by atoms with van der Waals surface area (Å²) in [6, 6.07) is 17.2. The minimum Gasteiger partial charge on any atom is -0.497 e. The third-order valence-electron chi connectivity index (χ3n) is 6.33. The van der Waals surface area contributed by atoms with Gasteiger partial charge in [-0.2, -0.15) is 0 Å². The van der Waals surface area contributed by atoms with Crippen LogP contribution in [0.2, 0.25) is 0 Å². The van der Waals surface area contributed by atoms with Crippen LogP contribution in [0.15, 0.2) is 77.7 Å². The summed E-state index contributed by atoms with van der Waals surface area (Å²) in [7, 11) is -2.67. The van der Waals surface area contributed by atoms with Crippen LogP contribution in [-0.4, -0.2) is 50.9 Å². The molecular formula is C30H36FN3O5S. The maximum atomic E-state index is 14.0. The summed E-state index contributed by atoms with van der Waals surface area (Å²) in [5, 5.41) is 2.86. The Morgan fingerprint density at radius 2 is 1.55 bits per heavy atom. The fourth-order valence-electron chi connectivity index (χ4n) is 4.20. The second-order valence-electron chi connectivity index (χ2n) is 9.76. The number of hydrogen-bond donors (Lipinski definition) is 1. The molecule has 214 valence electrons. The first kappa shape index (κ1) is 30.6. The van der Waals surface area contributed by atoms with Crippen LogP contribution in [0.4, 0.5) is 10.1 Å². The van der Waals surface area contributed by atoms with Gasteiger partial charge in [0.25, 0.3) is 10.0 Å². The fraction of sp³-hybridized carbons (Fsp3) is 0.333. The van der Waals surface area contributed by atoms with Crippen molar-refractivity contribution in [3.05, 3.63) is 89.7 Å². The first-order valence-electron chi connectivity index (χ1n) is 13.0. The van der Waals surface area contributed by atoms with Gasteiger partial charge >= 0.3 is 0 Å². The van der Waals surface area contributed by atoms with E-state index in [4.69, 9.17) is 4.74 Å². The van der Waals surface area contributed by atoms with Crippen molar-refractivity contribution in [3.8, 4) is 5.75 Å². The number of nitrogens with one attached hydrogen (secondary N) is 1. The number of anilines is 1. The molecule has 1 atom stereocenters. The summed E-state index contributed by atoms with van der Waals surface area (Å²) in [5.41, 5.74) is 1.73. The number of carbonyl (C=O) groups is 2. The lowest BCUT2D eigenvalue weighted by Crippen LogP contribution is -2.53. The number of sulfonamides is 1. The molecule has 0 aliphatic rings. The van der Waals surface area contributed by atoms with Crippen molar-refractivity contribution >= 4 is 27.5 Å². The van der Waals surface area contributed by atoms with E-state index in [1.54, 1.807) is 50.4 Å². The summed E-state index contributed by atoms with van der Waals surface area (Å²) in [6.07, 6.45) is 0.307. The number of hydrogen-bond acceptors (Lipinski definition) is 5. The van der Waals surface area contributed by atoms with E-state index < -0.39 is 34.3 Å². The molecule has 0 radical (unpaired) electrons. The molecule has 8 nitrogen and oxygen atoms in total. The summed E-state index contributed by atoms with van der Waals surface area (Å²) in [6.45, 7) is 6.74. The van der Waals surface area contributed by atoms with Crippen LogP contribution in [0.1, 0.15) is 38.3 Å². The number of carbonyl (C=O) groups excluding carboxylic acids is 2. The quantitative estimate of drug-likeness (QED) is 0.342. The highest BCUT2D eigenvalue weighted by Crippen LogP contribution is 2.25. The van der Waals surface area contributed by atoms with Gasteiger partial charge in [0.15, 0.2) is 0 Å². The first-order valence-corrected chi connectivity index (χ1v) is 14.5. The predicted octanol–water partition coefficient (Wildman–Crippen LogP) is 4.67. The number of nitrogens with zero attached hydrogens (tertiary/aromatic N) is 2. The molecule has 0 aliphatic carbocycles. The number of amides is 2. The van der Waals surface area contributed by atoms with E-state index in [9.17, 15) is 22.4 Å². The molecule has 2 amide bonds. The maximum absolute atomic E-state index is 14.0. The normalized spacial score (nSPS) is 12.1. The lowest BCUT2D eigenvalue weighted by Gasteiger charge is -2.33. The number of rotatable bonds is 12. The molecule has 10 heteroatoms. The molecule has 0 aliphatic heterocycles. The molecule has 0 saturated carbocycles. The molecular weight excluding hydrogens is 533 g/mol. The van der Waals surface area contributed by atoms with Gasteiger partial charge in [-0.15, -0.1) is 0 Å². The van der Waals surface area contributed by atoms with Crippen LogP contribution in [0.25, 0.3) is 0 Å². The molecule has 3 aromatic carbocycles. The Hall–Kier alpha value is -3.92. The van der Waals surface area contributed by atoms with Crippen molar-refractivity contribution < 1.29 is 27.1 Å². The van der Waals surface area contributed by atoms with E-state index in [2.05, 4.69) is 5.32 Å². The Kier molecular flexibility index (Phi) is 10.3. The van der Waals surface area contributed by atoms with E-state index in [1.807, 2.05) is 20.8 Å². The number of ether oxygens (including phenoxy) is 1. The molecule has 1 unspecified atom stereocenters. The second kappa shape index (κ2) is 13.4. The van der Waals surface area contributed by atoms with Crippen molar-refractivity contribution in [2.45, 2.75) is 57.6 Å². The van der Waals surface area contributed by atoms with Gasteiger partial charge in [-0.1, -0.05) is 36.8 Å². The van der Waals surface area contributed by atoms with E-state index in [0.717, 1.165) is 27.6 Å². The average Bonchev–Trinajstić information content (AvgIpc) is 2.92. The Labute approximate surface area is 235 Å². The van der Waals surface area contributed by atoms with Crippen molar-refractivity contribution in [1.29, 1.82) is 0 Å². The fourth-order valence-corrected chi connectivity index (χ4v) is 5.62. The average molecular weight is 570 g/mol. The van der Waals surface area contributed by atoms with Gasteiger partial charge < -0.3 is 15.0 Å². The zero-order chi connectivity index (χ0) is 29.4. The van der Waals surface area contributed by atoms with Crippen LogP contribution in [0.5, 0.6) is 5.75 Å². The molecule has 0 bridgehead atoms. The second-order valence-corrected chi connectivity index (χ2v) is 11.6. The van der Waals surface area contributed by atoms with Gasteiger partial charge in [0.2, 0.25) is 11.8 Å². The van der Waals surface area contributed by atoms with Crippen LogP contribution in [0.3, 0.4) is 0 Å². The zero-order valence-electron chi connectivity index (χ0n) is 23.4. The highest BCUT2D eigenvalue weighted by molar-refractivity contribution is 7.92. The van der Waals surface area contributed by atoms with Gasteiger partial charge in [-0.05, 0) is 81.3 Å². The van der Waals surface area contributed by atoms with E-state index in [-0.39, 0.29) is 29.1 Å². The summed E-state index contributed by atoms with van der Waals surface area (Å²) in [5.74, 6) is -0.825. The minimum atomic E-state index is -4.22. The Morgan fingerprint density at radius 1 is 0.950 bits per heavy atom. The van der Waals surface area contributed by atoms with Gasteiger partial charge in [-0.3, -0.25) is 13.9 Å². The molecule has 40 heavy (non-hydrogen) atoms. The minimum absolute atomic E-state index is 0.0125. The monoisotopic (exact) mass is 569 g/mol. The molecule has 0 aromatic heterocycles. The molecule has 0 heterocycles. The number of aryl methyl sites for hydroxylation is 1. The molecule has 3 rings (SSSR count). The highest BCUT2D eigenvalue weighted by atomic mass is 32.2. The van der Waals surface area contributed by atoms with E-state index >= 15 is 0 Å². The Bertz CT molecular complexity index is 1390. The van der Waals surface area contributed by atoms with Crippen LogP contribution in [-0.2, 0) is 26.2 Å². The standard InChI is InChI=1S/C30H36FN3O5S/c1-6-28(30(36)32-21(2)3)33(19-23-9-15-26(39-5)16-10-23)29(35)20-34(25-13-11-24(31)12-14-25)40(37,38)27-17-7-22(4)8-18-27/h7-18,21,28H,6,19-20H2,1-5H3,(H,32,36).